The molecule has 0 aliphatic heterocycles. The van der Waals surface area contributed by atoms with E-state index in [4.69, 9.17) is 5.73 Å². The van der Waals surface area contributed by atoms with Crippen LogP contribution in [0.15, 0.2) is 34.3 Å². The van der Waals surface area contributed by atoms with Gasteiger partial charge in [-0.05, 0) is 48.9 Å². The Morgan fingerprint density at radius 3 is 2.93 bits per heavy atom. The number of amides is 1. The van der Waals surface area contributed by atoms with Gasteiger partial charge in [-0.2, -0.15) is 0 Å². The van der Waals surface area contributed by atoms with Crippen molar-refractivity contribution < 1.29 is 13.2 Å². The van der Waals surface area contributed by atoms with Crippen LogP contribution in [0.25, 0.3) is 10.2 Å². The predicted octanol–water partition coefficient (Wildman–Crippen LogP) is 3.53. The summed E-state index contributed by atoms with van der Waals surface area (Å²) in [7, 11) is -3.34. The largest absolute Gasteiger partial charge is 0.383 e. The van der Waals surface area contributed by atoms with Crippen LogP contribution in [0.5, 0.6) is 0 Å². The highest BCUT2D eigenvalue weighted by Crippen LogP contribution is 2.39. The molecule has 3 aromatic rings. The summed E-state index contributed by atoms with van der Waals surface area (Å²) in [6, 6.07) is 6.17. The SMILES string of the molecule is CC1CCc2c(sc3nc(SCC(=O)Nc4cccc(S(C)(=O)=O)c4)nc(N)c23)C1. The van der Waals surface area contributed by atoms with Gasteiger partial charge in [0.1, 0.15) is 10.6 Å². The van der Waals surface area contributed by atoms with Crippen LogP contribution in [-0.4, -0.2) is 36.3 Å². The molecule has 158 valence electrons. The van der Waals surface area contributed by atoms with Gasteiger partial charge in [-0.25, -0.2) is 18.4 Å². The van der Waals surface area contributed by atoms with Crippen molar-refractivity contribution in [1.82, 2.24) is 9.97 Å². The Labute approximate surface area is 183 Å². The summed E-state index contributed by atoms with van der Waals surface area (Å²) in [5.74, 6) is 0.956. The number of anilines is 2. The number of fused-ring (bicyclic) bond motifs is 3. The highest BCUT2D eigenvalue weighted by atomic mass is 32.2. The number of benzene rings is 1. The van der Waals surface area contributed by atoms with Crippen LogP contribution in [-0.2, 0) is 27.5 Å². The summed E-state index contributed by atoms with van der Waals surface area (Å²) in [6.45, 7) is 2.26. The van der Waals surface area contributed by atoms with Crippen LogP contribution < -0.4 is 11.1 Å². The molecule has 1 aliphatic carbocycles. The van der Waals surface area contributed by atoms with E-state index >= 15 is 0 Å². The summed E-state index contributed by atoms with van der Waals surface area (Å²) in [5.41, 5.74) is 7.95. The lowest BCUT2D eigenvalue weighted by Gasteiger charge is -2.17. The third kappa shape index (κ3) is 4.45. The number of nitrogens with zero attached hydrogens (tertiary/aromatic N) is 2. The number of carbonyl (C=O) groups excluding carboxylic acids is 1. The Bertz CT molecular complexity index is 1240. The van der Waals surface area contributed by atoms with Gasteiger partial charge in [0.05, 0.1) is 16.0 Å². The van der Waals surface area contributed by atoms with E-state index in [1.54, 1.807) is 23.5 Å². The van der Waals surface area contributed by atoms with Crippen molar-refractivity contribution in [1.29, 1.82) is 0 Å². The third-order valence-corrected chi connectivity index (χ3v) is 8.15. The van der Waals surface area contributed by atoms with Gasteiger partial charge < -0.3 is 11.1 Å². The number of thioether (sulfide) groups is 1. The first-order valence-electron chi connectivity index (χ1n) is 9.51. The van der Waals surface area contributed by atoms with E-state index in [1.165, 1.54) is 34.3 Å². The van der Waals surface area contributed by atoms with Gasteiger partial charge in [-0.1, -0.05) is 24.8 Å². The van der Waals surface area contributed by atoms with Crippen LogP contribution in [0.4, 0.5) is 11.5 Å². The van der Waals surface area contributed by atoms with Crippen molar-refractivity contribution >= 4 is 60.6 Å². The topological polar surface area (TPSA) is 115 Å². The number of carbonyl (C=O) groups is 1. The average molecular weight is 463 g/mol. The molecular weight excluding hydrogens is 440 g/mol. The molecule has 0 bridgehead atoms. The third-order valence-electron chi connectivity index (χ3n) is 5.04. The second kappa shape index (κ2) is 8.16. The molecular formula is C20H22N4O3S3. The first-order chi connectivity index (χ1) is 14.2. The number of thiophene rings is 1. The van der Waals surface area contributed by atoms with Crippen LogP contribution in [0.1, 0.15) is 23.8 Å². The Hall–Kier alpha value is -2.17. The molecule has 2 aromatic heterocycles. The molecule has 4 rings (SSSR count). The second-order valence-corrected chi connectivity index (χ2v) is 11.6. The number of nitrogens with one attached hydrogen (secondary N) is 1. The molecule has 0 radical (unpaired) electrons. The van der Waals surface area contributed by atoms with E-state index in [-0.39, 0.29) is 16.6 Å². The maximum absolute atomic E-state index is 12.3. The van der Waals surface area contributed by atoms with Gasteiger partial charge in [0.15, 0.2) is 15.0 Å². The Morgan fingerprint density at radius 1 is 1.37 bits per heavy atom. The van der Waals surface area contributed by atoms with E-state index in [0.717, 1.165) is 35.7 Å². The number of sulfone groups is 1. The summed E-state index contributed by atoms with van der Waals surface area (Å²) in [6.07, 6.45) is 4.33. The molecule has 1 amide bonds. The van der Waals surface area contributed by atoms with Crippen LogP contribution in [0.3, 0.4) is 0 Å². The minimum atomic E-state index is -3.34. The normalized spacial score (nSPS) is 16.4. The molecule has 2 heterocycles. The molecule has 0 saturated carbocycles. The van der Waals surface area contributed by atoms with E-state index in [0.29, 0.717) is 22.6 Å². The number of aryl methyl sites for hydroxylation is 1. The Morgan fingerprint density at radius 2 is 2.17 bits per heavy atom. The predicted molar refractivity (Wildman–Crippen MR) is 122 cm³/mol. The lowest BCUT2D eigenvalue weighted by atomic mass is 9.89. The molecule has 1 aromatic carbocycles. The van der Waals surface area contributed by atoms with E-state index in [1.807, 2.05) is 0 Å². The molecule has 1 aliphatic rings. The van der Waals surface area contributed by atoms with Crippen molar-refractivity contribution in [3.8, 4) is 0 Å². The minimum Gasteiger partial charge on any atom is -0.383 e. The standard InChI is InChI=1S/C20H22N4O3S3/c1-11-6-7-14-15(8-11)29-19-17(14)18(21)23-20(24-19)28-10-16(25)22-12-4-3-5-13(9-12)30(2,26)27/h3-5,9,11H,6-8,10H2,1-2H3,(H,22,25)(H2,21,23,24). The zero-order chi connectivity index (χ0) is 21.5. The average Bonchev–Trinajstić information content (AvgIpc) is 3.03. The summed E-state index contributed by atoms with van der Waals surface area (Å²) in [5, 5.41) is 4.14. The van der Waals surface area contributed by atoms with Crippen molar-refractivity contribution in [2.45, 2.75) is 36.2 Å². The monoisotopic (exact) mass is 462 g/mol. The zero-order valence-corrected chi connectivity index (χ0v) is 19.1. The van der Waals surface area contributed by atoms with Crippen LogP contribution in [0.2, 0.25) is 0 Å². The summed E-state index contributed by atoms with van der Waals surface area (Å²) >= 11 is 2.88. The fraction of sp³-hybridized carbons (Fsp3) is 0.350. The molecule has 0 saturated heterocycles. The van der Waals surface area contributed by atoms with Gasteiger partial charge in [-0.15, -0.1) is 11.3 Å². The molecule has 0 fully saturated rings. The van der Waals surface area contributed by atoms with Gasteiger partial charge in [0.25, 0.3) is 0 Å². The number of nitrogens with two attached hydrogens (primary N) is 1. The van der Waals surface area contributed by atoms with Gasteiger partial charge in [0, 0.05) is 16.8 Å². The zero-order valence-electron chi connectivity index (χ0n) is 16.6. The van der Waals surface area contributed by atoms with Gasteiger partial charge >= 0.3 is 0 Å². The lowest BCUT2D eigenvalue weighted by Crippen LogP contribution is -2.14. The molecule has 1 atom stereocenters. The van der Waals surface area contributed by atoms with E-state index < -0.39 is 9.84 Å². The van der Waals surface area contributed by atoms with Gasteiger partial charge in [-0.3, -0.25) is 4.79 Å². The molecule has 7 nitrogen and oxygen atoms in total. The van der Waals surface area contributed by atoms with Crippen molar-refractivity contribution in [3.63, 3.8) is 0 Å². The molecule has 10 heteroatoms. The number of aromatic nitrogens is 2. The smallest absolute Gasteiger partial charge is 0.234 e. The first-order valence-corrected chi connectivity index (χ1v) is 13.2. The summed E-state index contributed by atoms with van der Waals surface area (Å²) < 4.78 is 23.3. The van der Waals surface area contributed by atoms with Crippen LogP contribution in [0, 0.1) is 5.92 Å². The minimum absolute atomic E-state index is 0.0934. The number of nitrogen functional groups attached to an aromatic ring is 1. The maximum atomic E-state index is 12.3. The highest BCUT2D eigenvalue weighted by Gasteiger charge is 2.23. The maximum Gasteiger partial charge on any atom is 0.234 e. The Balaban J connectivity index is 1.47. The van der Waals surface area contributed by atoms with Crippen molar-refractivity contribution in [2.75, 3.05) is 23.1 Å². The Kier molecular flexibility index (Phi) is 5.73. The molecule has 1 unspecified atom stereocenters. The lowest BCUT2D eigenvalue weighted by molar-refractivity contribution is -0.113. The highest BCUT2D eigenvalue weighted by molar-refractivity contribution is 7.99. The van der Waals surface area contributed by atoms with E-state index in [2.05, 4.69) is 22.2 Å². The van der Waals surface area contributed by atoms with Crippen molar-refractivity contribution in [2.24, 2.45) is 5.92 Å². The summed E-state index contributed by atoms with van der Waals surface area (Å²) in [4.78, 5) is 23.7. The fourth-order valence-electron chi connectivity index (χ4n) is 3.55. The molecule has 30 heavy (non-hydrogen) atoms. The second-order valence-electron chi connectivity index (χ2n) is 7.56. The molecule has 3 N–H and O–H groups in total. The number of rotatable bonds is 5. The number of hydrogen-bond donors (Lipinski definition) is 2. The van der Waals surface area contributed by atoms with Crippen molar-refractivity contribution in [3.05, 3.63) is 34.7 Å². The van der Waals surface area contributed by atoms with Gasteiger partial charge in [0.2, 0.25) is 5.91 Å². The number of hydrogen-bond acceptors (Lipinski definition) is 8. The van der Waals surface area contributed by atoms with E-state index in [9.17, 15) is 13.2 Å². The van der Waals surface area contributed by atoms with Crippen LogP contribution >= 0.6 is 23.1 Å². The molecule has 0 spiro atoms. The first kappa shape index (κ1) is 21.1. The fourth-order valence-corrected chi connectivity index (χ4v) is 6.31. The quantitative estimate of drug-likeness (QED) is 0.440.